The average Bonchev–Trinajstić information content (AvgIpc) is 2.94. The van der Waals surface area contributed by atoms with E-state index in [0.717, 1.165) is 4.88 Å². The summed E-state index contributed by atoms with van der Waals surface area (Å²) < 4.78 is 17.9. The molecule has 1 aromatic heterocycles. The molecule has 1 unspecified atom stereocenters. The Bertz CT molecular complexity index is 569. The van der Waals surface area contributed by atoms with Gasteiger partial charge in [-0.15, -0.1) is 11.3 Å². The molecular formula is C14H14FNO2S. The highest BCUT2D eigenvalue weighted by Crippen LogP contribution is 2.26. The van der Waals surface area contributed by atoms with Crippen LogP contribution in [0.15, 0.2) is 35.7 Å². The first-order valence-corrected chi connectivity index (χ1v) is 6.67. The second-order valence-corrected chi connectivity index (χ2v) is 5.04. The number of carbonyl (C=O) groups excluding carboxylic acids is 1. The molecule has 1 heterocycles. The summed E-state index contributed by atoms with van der Waals surface area (Å²) in [5.74, 6) is -1.02. The van der Waals surface area contributed by atoms with Crippen LogP contribution in [0.3, 0.4) is 0 Å². The van der Waals surface area contributed by atoms with Crippen LogP contribution in [-0.4, -0.2) is 13.1 Å². The lowest BCUT2D eigenvalue weighted by Gasteiger charge is -2.16. The molecule has 0 aliphatic heterocycles. The number of hydrogen-bond donors (Lipinski definition) is 1. The molecule has 0 radical (unpaired) electrons. The highest BCUT2D eigenvalue weighted by molar-refractivity contribution is 7.10. The molecular weight excluding hydrogens is 265 g/mol. The summed E-state index contributed by atoms with van der Waals surface area (Å²) >= 11 is 1.62. The van der Waals surface area contributed by atoms with Gasteiger partial charge in [-0.05, 0) is 36.6 Å². The molecule has 0 aliphatic rings. The quantitative estimate of drug-likeness (QED) is 0.864. The van der Waals surface area contributed by atoms with Gasteiger partial charge >= 0.3 is 5.97 Å². The molecule has 100 valence electrons. The maximum Gasteiger partial charge on any atom is 0.340 e. The Kier molecular flexibility index (Phi) is 4.16. The fraction of sp³-hybridized carbons (Fsp3) is 0.214. The zero-order valence-electron chi connectivity index (χ0n) is 10.6. The second-order valence-electron chi connectivity index (χ2n) is 4.06. The molecule has 0 bridgehead atoms. The second kappa shape index (κ2) is 5.84. The summed E-state index contributed by atoms with van der Waals surface area (Å²) in [6, 6.07) is 8.04. The fourth-order valence-electron chi connectivity index (χ4n) is 1.76. The van der Waals surface area contributed by atoms with Crippen molar-refractivity contribution >= 4 is 23.0 Å². The Morgan fingerprint density at radius 3 is 2.84 bits per heavy atom. The number of carbonyl (C=O) groups is 1. The van der Waals surface area contributed by atoms with Crippen LogP contribution in [0.25, 0.3) is 0 Å². The van der Waals surface area contributed by atoms with Gasteiger partial charge in [-0.1, -0.05) is 6.07 Å². The molecule has 5 heteroatoms. The van der Waals surface area contributed by atoms with E-state index in [-0.39, 0.29) is 11.6 Å². The van der Waals surface area contributed by atoms with E-state index >= 15 is 0 Å². The van der Waals surface area contributed by atoms with Crippen molar-refractivity contribution in [3.05, 3.63) is 52.0 Å². The Morgan fingerprint density at radius 2 is 2.21 bits per heavy atom. The lowest BCUT2D eigenvalue weighted by molar-refractivity contribution is 0.0601. The van der Waals surface area contributed by atoms with Crippen LogP contribution in [0.1, 0.15) is 28.2 Å². The van der Waals surface area contributed by atoms with E-state index in [1.165, 1.54) is 19.2 Å². The summed E-state index contributed by atoms with van der Waals surface area (Å²) in [6.07, 6.45) is 0. The first-order chi connectivity index (χ1) is 9.11. The van der Waals surface area contributed by atoms with Gasteiger partial charge in [0.1, 0.15) is 5.82 Å². The number of nitrogens with one attached hydrogen (secondary N) is 1. The Hall–Kier alpha value is -1.88. The molecule has 1 aromatic carbocycles. The number of ether oxygens (including phenoxy) is 1. The first kappa shape index (κ1) is 13.5. The number of esters is 1. The molecule has 0 spiro atoms. The molecule has 2 rings (SSSR count). The molecule has 19 heavy (non-hydrogen) atoms. The van der Waals surface area contributed by atoms with Gasteiger partial charge < -0.3 is 10.1 Å². The highest BCUT2D eigenvalue weighted by Gasteiger charge is 2.15. The van der Waals surface area contributed by atoms with E-state index in [9.17, 15) is 9.18 Å². The van der Waals surface area contributed by atoms with Crippen molar-refractivity contribution in [3.8, 4) is 0 Å². The van der Waals surface area contributed by atoms with Crippen LogP contribution in [0.4, 0.5) is 10.1 Å². The summed E-state index contributed by atoms with van der Waals surface area (Å²) in [7, 11) is 1.28. The van der Waals surface area contributed by atoms with Gasteiger partial charge in [-0.3, -0.25) is 0 Å². The topological polar surface area (TPSA) is 38.3 Å². The van der Waals surface area contributed by atoms with Gasteiger partial charge in [0.25, 0.3) is 0 Å². The van der Waals surface area contributed by atoms with Crippen LogP contribution >= 0.6 is 11.3 Å². The van der Waals surface area contributed by atoms with Crippen molar-refractivity contribution < 1.29 is 13.9 Å². The van der Waals surface area contributed by atoms with Gasteiger partial charge in [0.05, 0.1) is 18.7 Å². The minimum atomic E-state index is -0.555. The van der Waals surface area contributed by atoms with Crippen molar-refractivity contribution in [3.63, 3.8) is 0 Å². The van der Waals surface area contributed by atoms with Crippen LogP contribution in [-0.2, 0) is 4.74 Å². The molecule has 3 nitrogen and oxygen atoms in total. The lowest BCUT2D eigenvalue weighted by Crippen LogP contribution is -2.11. The lowest BCUT2D eigenvalue weighted by atomic mass is 10.1. The molecule has 0 saturated heterocycles. The van der Waals surface area contributed by atoms with E-state index in [1.807, 2.05) is 24.4 Å². The summed E-state index contributed by atoms with van der Waals surface area (Å²) in [5.41, 5.74) is 0.764. The monoisotopic (exact) mass is 279 g/mol. The Labute approximate surface area is 115 Å². The van der Waals surface area contributed by atoms with E-state index < -0.39 is 11.8 Å². The molecule has 1 N–H and O–H groups in total. The van der Waals surface area contributed by atoms with E-state index in [1.54, 1.807) is 17.4 Å². The zero-order chi connectivity index (χ0) is 13.8. The van der Waals surface area contributed by atoms with E-state index in [4.69, 9.17) is 0 Å². The largest absolute Gasteiger partial charge is 0.465 e. The summed E-state index contributed by atoms with van der Waals surface area (Å²) in [4.78, 5) is 12.8. The zero-order valence-corrected chi connectivity index (χ0v) is 11.5. The van der Waals surface area contributed by atoms with E-state index in [0.29, 0.717) is 5.69 Å². The number of anilines is 1. The van der Waals surface area contributed by atoms with Crippen LogP contribution in [0.5, 0.6) is 0 Å². The molecule has 0 saturated carbocycles. The number of benzene rings is 1. The van der Waals surface area contributed by atoms with Crippen molar-refractivity contribution in [2.45, 2.75) is 13.0 Å². The molecule has 0 aliphatic carbocycles. The SMILES string of the molecule is COC(=O)c1cc(F)ccc1NC(C)c1cccs1. The predicted molar refractivity (Wildman–Crippen MR) is 74.1 cm³/mol. The smallest absolute Gasteiger partial charge is 0.340 e. The summed E-state index contributed by atoms with van der Waals surface area (Å²) in [6.45, 7) is 1.98. The minimum absolute atomic E-state index is 0.0360. The van der Waals surface area contributed by atoms with E-state index in [2.05, 4.69) is 10.1 Å². The maximum absolute atomic E-state index is 13.2. The van der Waals surface area contributed by atoms with Gasteiger partial charge in [-0.2, -0.15) is 0 Å². The third-order valence-electron chi connectivity index (χ3n) is 2.73. The third-order valence-corrected chi connectivity index (χ3v) is 3.78. The van der Waals surface area contributed by atoms with Crippen molar-refractivity contribution in [2.75, 3.05) is 12.4 Å². The number of methoxy groups -OCH3 is 1. The summed E-state index contributed by atoms with van der Waals surface area (Å²) in [5, 5.41) is 5.18. The average molecular weight is 279 g/mol. The van der Waals surface area contributed by atoms with Gasteiger partial charge in [0.15, 0.2) is 0 Å². The predicted octanol–water partition coefficient (Wildman–Crippen LogP) is 3.85. The molecule has 0 fully saturated rings. The van der Waals surface area contributed by atoms with Crippen molar-refractivity contribution in [1.82, 2.24) is 0 Å². The molecule has 2 aromatic rings. The minimum Gasteiger partial charge on any atom is -0.465 e. The number of rotatable bonds is 4. The fourth-order valence-corrected chi connectivity index (χ4v) is 2.50. The molecule has 0 amide bonds. The first-order valence-electron chi connectivity index (χ1n) is 5.79. The standard InChI is InChI=1S/C14H14FNO2S/c1-9(13-4-3-7-19-13)16-12-6-5-10(15)8-11(12)14(17)18-2/h3-9,16H,1-2H3. The van der Waals surface area contributed by atoms with Crippen molar-refractivity contribution in [1.29, 1.82) is 0 Å². The molecule has 1 atom stereocenters. The number of halogens is 1. The van der Waals surface area contributed by atoms with Crippen LogP contribution in [0.2, 0.25) is 0 Å². The van der Waals surface area contributed by atoms with Gasteiger partial charge in [-0.25, -0.2) is 9.18 Å². The van der Waals surface area contributed by atoms with Crippen molar-refractivity contribution in [2.24, 2.45) is 0 Å². The number of hydrogen-bond acceptors (Lipinski definition) is 4. The highest BCUT2D eigenvalue weighted by atomic mass is 32.1. The maximum atomic E-state index is 13.2. The van der Waals surface area contributed by atoms with Crippen LogP contribution < -0.4 is 5.32 Å². The normalized spacial score (nSPS) is 11.9. The number of thiophene rings is 1. The van der Waals surface area contributed by atoms with Gasteiger partial charge in [0, 0.05) is 10.6 Å². The Morgan fingerprint density at radius 1 is 1.42 bits per heavy atom. The van der Waals surface area contributed by atoms with Gasteiger partial charge in [0.2, 0.25) is 0 Å². The third kappa shape index (κ3) is 3.12. The Balaban J connectivity index is 2.27. The van der Waals surface area contributed by atoms with Crippen LogP contribution in [0, 0.1) is 5.82 Å².